The van der Waals surface area contributed by atoms with Crippen LogP contribution in [-0.2, 0) is 0 Å². The molecule has 0 saturated heterocycles. The molecule has 9 heteroatoms. The van der Waals surface area contributed by atoms with Gasteiger partial charge in [0.1, 0.15) is 18.2 Å². The molecule has 0 saturated carbocycles. The first-order chi connectivity index (χ1) is 12.0. The maximum atomic E-state index is 10.9. The number of nitriles is 3. The standard InChI is InChI=1S/C16H9N7O2/c17-6-11(15(20)13(7-18)8-19)4-12-9-21-22-16(12)10-2-1-3-14(5-10)23(24)25/h1-5,9H,20H2,(H,21,22)/b11-4+. The van der Waals surface area contributed by atoms with Crippen LogP contribution in [0.3, 0.4) is 0 Å². The number of nitro groups is 1. The third-order valence-electron chi connectivity index (χ3n) is 3.22. The summed E-state index contributed by atoms with van der Waals surface area (Å²) in [4.78, 5) is 10.4. The van der Waals surface area contributed by atoms with Crippen molar-refractivity contribution in [3.63, 3.8) is 0 Å². The number of hydrogen-bond donors (Lipinski definition) is 2. The zero-order valence-corrected chi connectivity index (χ0v) is 12.6. The summed E-state index contributed by atoms with van der Waals surface area (Å²) in [5.41, 5.74) is 6.21. The number of nitrogens with one attached hydrogen (secondary N) is 1. The van der Waals surface area contributed by atoms with Crippen LogP contribution in [0.2, 0.25) is 0 Å². The fourth-order valence-electron chi connectivity index (χ4n) is 2.02. The maximum absolute atomic E-state index is 10.9. The number of non-ortho nitro benzene ring substituents is 1. The lowest BCUT2D eigenvalue weighted by Gasteiger charge is -2.02. The molecule has 0 aliphatic carbocycles. The molecule has 1 aromatic heterocycles. The predicted molar refractivity (Wildman–Crippen MR) is 86.7 cm³/mol. The van der Waals surface area contributed by atoms with E-state index in [-0.39, 0.29) is 22.5 Å². The van der Waals surface area contributed by atoms with Crippen LogP contribution in [0, 0.1) is 44.1 Å². The first kappa shape index (κ1) is 16.9. The van der Waals surface area contributed by atoms with Gasteiger partial charge >= 0.3 is 0 Å². The van der Waals surface area contributed by atoms with Crippen LogP contribution in [0.5, 0.6) is 0 Å². The zero-order chi connectivity index (χ0) is 18.4. The molecular weight excluding hydrogens is 322 g/mol. The Balaban J connectivity index is 2.57. The molecule has 0 unspecified atom stereocenters. The highest BCUT2D eigenvalue weighted by molar-refractivity contribution is 5.76. The predicted octanol–water partition coefficient (Wildman–Crippen LogP) is 2.15. The van der Waals surface area contributed by atoms with Gasteiger partial charge in [0.15, 0.2) is 5.57 Å². The molecular formula is C16H9N7O2. The van der Waals surface area contributed by atoms with Gasteiger partial charge in [-0.2, -0.15) is 20.9 Å². The van der Waals surface area contributed by atoms with Gasteiger partial charge in [0.25, 0.3) is 5.69 Å². The topological polar surface area (TPSA) is 169 Å². The molecule has 1 aromatic carbocycles. The molecule has 2 rings (SSSR count). The molecule has 0 fully saturated rings. The Labute approximate surface area is 141 Å². The summed E-state index contributed by atoms with van der Waals surface area (Å²) in [5, 5.41) is 44.4. The first-order valence-electron chi connectivity index (χ1n) is 6.72. The normalized spacial score (nSPS) is 10.2. The van der Waals surface area contributed by atoms with Crippen LogP contribution in [0.4, 0.5) is 5.69 Å². The third kappa shape index (κ3) is 3.50. The molecule has 0 aliphatic rings. The Morgan fingerprint density at radius 2 is 2.00 bits per heavy atom. The van der Waals surface area contributed by atoms with Gasteiger partial charge in [-0.1, -0.05) is 12.1 Å². The monoisotopic (exact) mass is 331 g/mol. The summed E-state index contributed by atoms with van der Waals surface area (Å²) in [6.07, 6.45) is 2.75. The zero-order valence-electron chi connectivity index (χ0n) is 12.6. The molecule has 25 heavy (non-hydrogen) atoms. The molecule has 120 valence electrons. The van der Waals surface area contributed by atoms with E-state index < -0.39 is 4.92 Å². The minimum absolute atomic E-state index is 0.0915. The number of H-pyrrole nitrogens is 1. The number of aromatic amines is 1. The van der Waals surface area contributed by atoms with E-state index in [0.717, 1.165) is 0 Å². The Morgan fingerprint density at radius 3 is 2.60 bits per heavy atom. The van der Waals surface area contributed by atoms with Crippen LogP contribution in [0.1, 0.15) is 5.56 Å². The second kappa shape index (κ2) is 7.23. The van der Waals surface area contributed by atoms with Crippen molar-refractivity contribution in [1.29, 1.82) is 15.8 Å². The highest BCUT2D eigenvalue weighted by Crippen LogP contribution is 2.27. The second-order valence-electron chi connectivity index (χ2n) is 4.69. The lowest BCUT2D eigenvalue weighted by atomic mass is 10.0. The van der Waals surface area contributed by atoms with Crippen LogP contribution in [0.25, 0.3) is 17.3 Å². The molecule has 3 N–H and O–H groups in total. The van der Waals surface area contributed by atoms with Crippen molar-refractivity contribution in [3.8, 4) is 29.5 Å². The molecule has 0 radical (unpaired) electrons. The average molecular weight is 331 g/mol. The van der Waals surface area contributed by atoms with E-state index in [9.17, 15) is 15.4 Å². The molecule has 2 aromatic rings. The molecule has 0 aliphatic heterocycles. The second-order valence-corrected chi connectivity index (χ2v) is 4.69. The summed E-state index contributed by atoms with van der Waals surface area (Å²) in [6, 6.07) is 10.9. The van der Waals surface area contributed by atoms with E-state index >= 15 is 0 Å². The number of aromatic nitrogens is 2. The summed E-state index contributed by atoms with van der Waals surface area (Å²) in [7, 11) is 0. The van der Waals surface area contributed by atoms with Crippen LogP contribution in [0.15, 0.2) is 47.3 Å². The van der Waals surface area contributed by atoms with Gasteiger partial charge in [0.05, 0.1) is 28.1 Å². The van der Waals surface area contributed by atoms with Crippen LogP contribution < -0.4 is 5.73 Å². The average Bonchev–Trinajstić information content (AvgIpc) is 3.08. The number of nitro benzene ring substituents is 1. The lowest BCUT2D eigenvalue weighted by Crippen LogP contribution is -2.03. The third-order valence-corrected chi connectivity index (χ3v) is 3.22. The molecule has 0 atom stereocenters. The molecule has 0 spiro atoms. The van der Waals surface area contributed by atoms with E-state index in [0.29, 0.717) is 16.8 Å². The van der Waals surface area contributed by atoms with E-state index in [4.69, 9.17) is 16.3 Å². The van der Waals surface area contributed by atoms with Crippen LogP contribution >= 0.6 is 0 Å². The van der Waals surface area contributed by atoms with Crippen LogP contribution in [-0.4, -0.2) is 15.1 Å². The Kier molecular flexibility index (Phi) is 4.90. The number of benzene rings is 1. The summed E-state index contributed by atoms with van der Waals surface area (Å²) in [6.45, 7) is 0. The largest absolute Gasteiger partial charge is 0.396 e. The fraction of sp³-hybridized carbons (Fsp3) is 0. The molecule has 9 nitrogen and oxygen atoms in total. The van der Waals surface area contributed by atoms with Gasteiger partial charge in [-0.15, -0.1) is 0 Å². The first-order valence-corrected chi connectivity index (χ1v) is 6.72. The van der Waals surface area contributed by atoms with Crippen molar-refractivity contribution in [2.45, 2.75) is 0 Å². The van der Waals surface area contributed by atoms with Gasteiger partial charge in [0, 0.05) is 23.3 Å². The highest BCUT2D eigenvalue weighted by Gasteiger charge is 2.13. The Morgan fingerprint density at radius 1 is 1.28 bits per heavy atom. The van der Waals surface area contributed by atoms with Crippen molar-refractivity contribution < 1.29 is 4.92 Å². The van der Waals surface area contributed by atoms with Gasteiger partial charge in [0.2, 0.25) is 0 Å². The van der Waals surface area contributed by atoms with Gasteiger partial charge in [-0.3, -0.25) is 15.2 Å². The number of nitrogens with zero attached hydrogens (tertiary/aromatic N) is 5. The van der Waals surface area contributed by atoms with Gasteiger partial charge in [-0.25, -0.2) is 0 Å². The van der Waals surface area contributed by atoms with E-state index in [1.807, 2.05) is 6.07 Å². The smallest absolute Gasteiger partial charge is 0.270 e. The van der Waals surface area contributed by atoms with Crippen molar-refractivity contribution in [2.24, 2.45) is 5.73 Å². The number of rotatable bonds is 4. The lowest BCUT2D eigenvalue weighted by molar-refractivity contribution is -0.384. The minimum atomic E-state index is -0.525. The Hall–Kier alpha value is -4.42. The number of nitrogens with two attached hydrogens (primary N) is 1. The SMILES string of the molecule is N#CC(C#N)=C(N)/C(C#N)=C/c1cn[nH]c1-c1cccc([N+](=O)[O-])c1. The van der Waals surface area contributed by atoms with Gasteiger partial charge in [-0.05, 0) is 6.08 Å². The summed E-state index contributed by atoms with van der Waals surface area (Å²) in [5.74, 6) is 0. The van der Waals surface area contributed by atoms with E-state index in [2.05, 4.69) is 10.2 Å². The van der Waals surface area contributed by atoms with E-state index in [1.54, 1.807) is 18.2 Å². The van der Waals surface area contributed by atoms with E-state index in [1.165, 1.54) is 30.5 Å². The maximum Gasteiger partial charge on any atom is 0.270 e. The summed E-state index contributed by atoms with van der Waals surface area (Å²) >= 11 is 0. The quantitative estimate of drug-likeness (QED) is 0.374. The molecule has 0 amide bonds. The Bertz CT molecular complexity index is 1010. The number of hydrogen-bond acceptors (Lipinski definition) is 7. The van der Waals surface area contributed by atoms with Crippen molar-refractivity contribution >= 4 is 11.8 Å². The molecule has 1 heterocycles. The minimum Gasteiger partial charge on any atom is -0.396 e. The number of allylic oxidation sites excluding steroid dienone is 2. The van der Waals surface area contributed by atoms with Gasteiger partial charge < -0.3 is 5.73 Å². The van der Waals surface area contributed by atoms with Crippen molar-refractivity contribution in [1.82, 2.24) is 10.2 Å². The summed E-state index contributed by atoms with van der Waals surface area (Å²) < 4.78 is 0. The van der Waals surface area contributed by atoms with Crippen molar-refractivity contribution in [2.75, 3.05) is 0 Å². The molecule has 0 bridgehead atoms. The highest BCUT2D eigenvalue weighted by atomic mass is 16.6. The fourth-order valence-corrected chi connectivity index (χ4v) is 2.02. The van der Waals surface area contributed by atoms with Crippen molar-refractivity contribution in [3.05, 3.63) is 63.0 Å².